The van der Waals surface area contributed by atoms with Crippen LogP contribution >= 0.6 is 34.8 Å². The summed E-state index contributed by atoms with van der Waals surface area (Å²) in [6.07, 6.45) is 5.37. The van der Waals surface area contributed by atoms with E-state index in [0.29, 0.717) is 96.2 Å². The molecule has 4 aliphatic heterocycles. The molecule has 4 aromatic rings. The van der Waals surface area contributed by atoms with E-state index in [1.54, 1.807) is 41.3 Å². The molecule has 4 heterocycles. The number of nitrogens with zero attached hydrogens (tertiary/aromatic N) is 5. The van der Waals surface area contributed by atoms with E-state index in [2.05, 4.69) is 55.7 Å². The normalized spacial score (nSPS) is 22.9. The van der Waals surface area contributed by atoms with Crippen molar-refractivity contribution in [3.05, 3.63) is 116 Å². The minimum atomic E-state index is -3.95. The Kier molecular flexibility index (Phi) is 24.3. The number of sulfone groups is 1. The molecule has 2 aliphatic carbocycles. The van der Waals surface area contributed by atoms with Crippen molar-refractivity contribution in [2.45, 2.75) is 150 Å². The van der Waals surface area contributed by atoms with Crippen LogP contribution in [-0.4, -0.2) is 180 Å². The summed E-state index contributed by atoms with van der Waals surface area (Å²) in [6.45, 7) is 9.49. The third kappa shape index (κ3) is 18.8. The molecule has 8 atom stereocenters. The first kappa shape index (κ1) is 71.4. The first-order chi connectivity index (χ1) is 45.5. The summed E-state index contributed by atoms with van der Waals surface area (Å²) >= 11 is 19.6. The number of unbranched alkanes of at least 4 members (excludes halogenated alkanes) is 2. The Hall–Kier alpha value is -6.40. The number of urea groups is 1. The number of hydrogen-bond acceptors (Lipinski definition) is 16. The third-order valence-corrected chi connectivity index (χ3v) is 23.3. The van der Waals surface area contributed by atoms with Crippen LogP contribution in [0.1, 0.15) is 131 Å². The zero-order chi connectivity index (χ0) is 67.6. The van der Waals surface area contributed by atoms with E-state index in [0.717, 1.165) is 67.8 Å². The Bertz CT molecular complexity index is 3750. The number of halogens is 3. The predicted molar refractivity (Wildman–Crippen MR) is 360 cm³/mol. The molecule has 0 saturated carbocycles. The molecular formula is C68H85Cl3N10O12S2. The van der Waals surface area contributed by atoms with Crippen LogP contribution in [0.4, 0.5) is 4.79 Å². The smallest absolute Gasteiger partial charge is 0.315 e. The molecule has 5 amide bonds. The number of ether oxygens (including phenoxy) is 2. The summed E-state index contributed by atoms with van der Waals surface area (Å²) in [7, 11) is -7.69. The second kappa shape index (κ2) is 32.3. The Morgan fingerprint density at radius 3 is 1.97 bits per heavy atom. The van der Waals surface area contributed by atoms with Crippen molar-refractivity contribution in [1.82, 2.24) is 45.6 Å². The summed E-state index contributed by atoms with van der Waals surface area (Å²) in [5.41, 5.74) is 4.23. The number of ketones is 2. The lowest BCUT2D eigenvalue weighted by Crippen LogP contribution is -2.54. The van der Waals surface area contributed by atoms with Crippen LogP contribution in [0.25, 0.3) is 0 Å². The number of sulfonamides is 1. The molecule has 6 aliphatic rings. The lowest BCUT2D eigenvalue weighted by atomic mass is 9.97. The minimum absolute atomic E-state index is 0.00215. The maximum Gasteiger partial charge on any atom is 0.315 e. The van der Waals surface area contributed by atoms with Gasteiger partial charge in [0.15, 0.2) is 15.6 Å². The lowest BCUT2D eigenvalue weighted by Gasteiger charge is -2.38. The Labute approximate surface area is 571 Å². The Morgan fingerprint density at radius 2 is 1.27 bits per heavy atom. The molecule has 5 N–H and O–H groups in total. The SMILES string of the molecule is C[C@H]1CCCN([C@H]2Cc3c(Cl)cc(Cl)cc3[C@@H]2Oc2ccc(S(=O)(=O)N[C@H]3CCN(C(=O)CCC(=O)CNC(=O)NCCCCCC(=O)CCC(=O)NCC(=O)N4CC[C@H](CS(=O)(=O)c5ccc(O[C@H]6c7cc(Cl)cc(C#N)c7C[C@@H]6N6CCN[C@H](C)C6)cc5)C4)C3)cc2)C1. The number of piperazine rings is 1. The third-order valence-electron chi connectivity index (χ3n) is 19.1. The van der Waals surface area contributed by atoms with Crippen LogP contribution in [0.5, 0.6) is 11.5 Å². The van der Waals surface area contributed by atoms with Gasteiger partial charge in [-0.3, -0.25) is 33.8 Å². The monoisotopic (exact) mass is 1400 g/mol. The van der Waals surface area contributed by atoms with E-state index in [-0.39, 0.29) is 127 Å². The standard InChI is InChI=1S/C68H85Cl3N10O12S2/c1-43-7-6-25-78(38-43)62-34-57-59(31-48(70)32-60(57)71)67(62)93-53-13-17-55(18-14-53)95(90,91)77-49-22-27-81(41-49)64(85)20-10-51(83)36-76-68(87)74-23-5-3-4-8-50(82)9-19-63(84)75-37-65(86)80-26-21-45(40-80)42-94(88,89)54-15-11-52(12-16-54)92-66-58-30-47(69)29-46(35-72)56(58)33-61(66)79-28-24-73-44(2)39-79/h11-18,29-32,43-45,49,61-62,66-67,73,77H,3-10,19-28,33-34,36-42H2,1-2H3,(H,75,84)(H2,74,76,87)/t43-,44+,45-,49-,61-,62-,66-,67-/m0/s1. The molecule has 10 rings (SSSR count). The second-order valence-corrected chi connectivity index (χ2v) is 31.3. The summed E-state index contributed by atoms with van der Waals surface area (Å²) in [4.78, 5) is 84.5. The summed E-state index contributed by atoms with van der Waals surface area (Å²) in [5, 5.41) is 22.7. The number of piperidine rings is 1. The van der Waals surface area contributed by atoms with Gasteiger partial charge in [-0.15, -0.1) is 0 Å². The van der Waals surface area contributed by atoms with Crippen LogP contribution < -0.4 is 35.5 Å². The molecule has 0 bridgehead atoms. The zero-order valence-electron chi connectivity index (χ0n) is 53.7. The van der Waals surface area contributed by atoms with Gasteiger partial charge in [0.2, 0.25) is 27.7 Å². The largest absolute Gasteiger partial charge is 0.484 e. The molecule has 0 unspecified atom stereocenters. The highest BCUT2D eigenvalue weighted by atomic mass is 35.5. The highest BCUT2D eigenvalue weighted by molar-refractivity contribution is 7.91. The number of fused-ring (bicyclic) bond motifs is 2. The molecule has 95 heavy (non-hydrogen) atoms. The van der Waals surface area contributed by atoms with Gasteiger partial charge in [-0.25, -0.2) is 26.4 Å². The molecule has 4 aromatic carbocycles. The van der Waals surface area contributed by atoms with Gasteiger partial charge in [-0.05, 0) is 166 Å². The average molecular weight is 1400 g/mol. The highest BCUT2D eigenvalue weighted by Gasteiger charge is 2.43. The van der Waals surface area contributed by atoms with Crippen molar-refractivity contribution in [3.8, 4) is 17.6 Å². The topological polar surface area (TPSA) is 286 Å². The quantitative estimate of drug-likeness (QED) is 0.0344. The molecule has 0 spiro atoms. The number of benzene rings is 4. The fourth-order valence-electron chi connectivity index (χ4n) is 14.1. The number of nitriles is 1. The van der Waals surface area contributed by atoms with Gasteiger partial charge >= 0.3 is 6.03 Å². The highest BCUT2D eigenvalue weighted by Crippen LogP contribution is 2.45. The first-order valence-electron chi connectivity index (χ1n) is 33.1. The summed E-state index contributed by atoms with van der Waals surface area (Å²) in [6, 6.07) is 21.3. The lowest BCUT2D eigenvalue weighted by molar-refractivity contribution is -0.132. The molecule has 512 valence electrons. The molecule has 0 radical (unpaired) electrons. The predicted octanol–water partition coefficient (Wildman–Crippen LogP) is 7.51. The van der Waals surface area contributed by atoms with Crippen molar-refractivity contribution >= 4 is 90.0 Å². The zero-order valence-corrected chi connectivity index (χ0v) is 57.6. The Balaban J connectivity index is 0.550. The maximum absolute atomic E-state index is 13.6. The van der Waals surface area contributed by atoms with E-state index >= 15 is 0 Å². The van der Waals surface area contributed by atoms with Crippen LogP contribution in [-0.2, 0) is 56.7 Å². The van der Waals surface area contributed by atoms with Crippen LogP contribution in [0.2, 0.25) is 15.1 Å². The fraction of sp³-hybridized carbons (Fsp3) is 0.544. The fourth-order valence-corrected chi connectivity index (χ4v) is 17.8. The Morgan fingerprint density at radius 1 is 0.632 bits per heavy atom. The van der Waals surface area contributed by atoms with E-state index in [9.17, 15) is 50.9 Å². The number of hydrogen-bond donors (Lipinski definition) is 5. The molecule has 4 fully saturated rings. The van der Waals surface area contributed by atoms with Crippen LogP contribution in [0.3, 0.4) is 0 Å². The number of likely N-dealkylation sites (tertiary alicyclic amines) is 3. The minimum Gasteiger partial charge on any atom is -0.484 e. The molecular weight excluding hydrogens is 1320 g/mol. The number of amides is 5. The number of carbonyl (C=O) groups is 6. The van der Waals surface area contributed by atoms with Crippen LogP contribution in [0.15, 0.2) is 82.6 Å². The molecule has 22 nitrogen and oxygen atoms in total. The van der Waals surface area contributed by atoms with Crippen molar-refractivity contribution < 1.29 is 55.1 Å². The van der Waals surface area contributed by atoms with Gasteiger partial charge in [0.25, 0.3) is 0 Å². The molecule has 27 heteroatoms. The van der Waals surface area contributed by atoms with Crippen molar-refractivity contribution in [2.75, 3.05) is 84.3 Å². The van der Waals surface area contributed by atoms with E-state index in [4.69, 9.17) is 44.3 Å². The van der Waals surface area contributed by atoms with Gasteiger partial charge in [0.05, 0.1) is 52.3 Å². The number of carbonyl (C=O) groups excluding carboxylic acids is 6. The van der Waals surface area contributed by atoms with Crippen LogP contribution in [0, 0.1) is 23.2 Å². The average Bonchev–Trinajstić information content (AvgIpc) is 1.63. The van der Waals surface area contributed by atoms with E-state index < -0.39 is 43.9 Å². The number of Topliss-reactive ketones (excluding diaryl/α,β-unsaturated/α-hetero) is 2. The molecule has 4 saturated heterocycles. The molecule has 0 aromatic heterocycles. The first-order valence-corrected chi connectivity index (χ1v) is 37.3. The van der Waals surface area contributed by atoms with Gasteiger partial charge in [0, 0.05) is 124 Å². The number of nitrogens with one attached hydrogen (secondary N) is 5. The van der Waals surface area contributed by atoms with Crippen molar-refractivity contribution in [3.63, 3.8) is 0 Å². The van der Waals surface area contributed by atoms with Crippen molar-refractivity contribution in [2.24, 2.45) is 11.8 Å². The maximum atomic E-state index is 13.6. The van der Waals surface area contributed by atoms with Gasteiger partial charge in [-0.2, -0.15) is 5.26 Å². The second-order valence-electron chi connectivity index (χ2n) is 26.2. The summed E-state index contributed by atoms with van der Waals surface area (Å²) in [5.74, 6) is -0.473. The number of rotatable bonds is 28. The van der Waals surface area contributed by atoms with E-state index in [1.807, 2.05) is 12.1 Å². The van der Waals surface area contributed by atoms with Gasteiger partial charge in [0.1, 0.15) is 29.5 Å². The van der Waals surface area contributed by atoms with E-state index in [1.165, 1.54) is 35.6 Å². The van der Waals surface area contributed by atoms with Gasteiger partial charge < -0.3 is 40.5 Å². The van der Waals surface area contributed by atoms with Crippen molar-refractivity contribution in [1.29, 1.82) is 5.26 Å². The van der Waals surface area contributed by atoms with Gasteiger partial charge in [-0.1, -0.05) is 48.1 Å². The summed E-state index contributed by atoms with van der Waals surface area (Å²) < 4.78 is 70.3.